The molecule has 0 unspecified atom stereocenters. The number of benzene rings is 2. The number of non-ortho nitro benzene ring substituents is 1. The fourth-order valence-corrected chi connectivity index (χ4v) is 3.93. The van der Waals surface area contributed by atoms with Crippen LogP contribution in [0.25, 0.3) is 5.57 Å². The van der Waals surface area contributed by atoms with Crippen molar-refractivity contribution in [3.05, 3.63) is 75.7 Å². The molecule has 160 valence electrons. The van der Waals surface area contributed by atoms with E-state index >= 15 is 0 Å². The van der Waals surface area contributed by atoms with E-state index in [-0.39, 0.29) is 22.6 Å². The van der Waals surface area contributed by atoms with E-state index in [1.54, 1.807) is 0 Å². The summed E-state index contributed by atoms with van der Waals surface area (Å²) >= 11 is 0. The Morgan fingerprint density at radius 2 is 1.55 bits per heavy atom. The summed E-state index contributed by atoms with van der Waals surface area (Å²) in [5.74, 6) is -1.48. The zero-order chi connectivity index (χ0) is 22.1. The molecule has 0 atom stereocenters. The van der Waals surface area contributed by atoms with E-state index in [1.807, 2.05) is 4.90 Å². The summed E-state index contributed by atoms with van der Waals surface area (Å²) in [7, 11) is 0. The second-order valence-corrected chi connectivity index (χ2v) is 7.37. The number of hydrogen-bond acceptors (Lipinski definition) is 6. The van der Waals surface area contributed by atoms with E-state index in [1.165, 1.54) is 48.5 Å². The van der Waals surface area contributed by atoms with Crippen molar-refractivity contribution < 1.29 is 18.9 Å². The molecule has 2 aliphatic rings. The Labute approximate surface area is 178 Å². The molecule has 2 heterocycles. The number of imide groups is 1. The first kappa shape index (κ1) is 20.7. The molecule has 2 aromatic rings. The highest BCUT2D eigenvalue weighted by Gasteiger charge is 2.43. The van der Waals surface area contributed by atoms with Gasteiger partial charge < -0.3 is 9.80 Å². The number of rotatable bonds is 5. The number of nitro groups is 1. The van der Waals surface area contributed by atoms with Crippen LogP contribution in [0.4, 0.5) is 15.8 Å². The van der Waals surface area contributed by atoms with E-state index in [2.05, 4.69) is 11.8 Å². The van der Waals surface area contributed by atoms with Gasteiger partial charge in [-0.1, -0.05) is 6.92 Å². The number of carbonyl (C=O) groups excluding carboxylic acids is 2. The minimum atomic E-state index is -0.529. The lowest BCUT2D eigenvalue weighted by Crippen LogP contribution is -2.47. The van der Waals surface area contributed by atoms with Gasteiger partial charge in [-0.3, -0.25) is 19.7 Å². The highest BCUT2D eigenvalue weighted by molar-refractivity contribution is 6.45. The van der Waals surface area contributed by atoms with E-state index in [9.17, 15) is 24.1 Å². The number of likely N-dealkylation sites (N-methyl/N-ethyl adjacent to an activating group) is 1. The maximum absolute atomic E-state index is 13.4. The Bertz CT molecular complexity index is 1060. The van der Waals surface area contributed by atoms with Crippen molar-refractivity contribution in [2.75, 3.05) is 37.6 Å². The third-order valence-electron chi connectivity index (χ3n) is 5.65. The van der Waals surface area contributed by atoms with Crippen molar-refractivity contribution in [3.63, 3.8) is 0 Å². The zero-order valence-electron chi connectivity index (χ0n) is 17.0. The Balaban J connectivity index is 1.77. The minimum Gasteiger partial charge on any atom is -0.364 e. The maximum Gasteiger partial charge on any atom is 0.282 e. The SMILES string of the molecule is CCN1CCN(C2=C(c3ccc([N+](=O)[O-])cc3)C(=O)N(c3ccc(F)cc3)C2=O)CC1. The highest BCUT2D eigenvalue weighted by Crippen LogP contribution is 2.35. The summed E-state index contributed by atoms with van der Waals surface area (Å²) in [6.07, 6.45) is 0. The van der Waals surface area contributed by atoms with Crippen LogP contribution in [-0.2, 0) is 9.59 Å². The second kappa shape index (κ2) is 8.27. The molecule has 0 aliphatic carbocycles. The van der Waals surface area contributed by atoms with Gasteiger partial charge in [0.05, 0.1) is 16.2 Å². The Morgan fingerprint density at radius 3 is 2.10 bits per heavy atom. The standard InChI is InChI=1S/C22H21FN4O4/c1-2-24-11-13-25(14-12-24)20-19(15-3-7-18(8-4-15)27(30)31)21(28)26(22(20)29)17-9-5-16(23)6-10-17/h3-10H,2,11-14H2,1H3. The van der Waals surface area contributed by atoms with Crippen molar-refractivity contribution in [1.29, 1.82) is 0 Å². The molecule has 4 rings (SSSR count). The van der Waals surface area contributed by atoms with Crippen LogP contribution in [0.2, 0.25) is 0 Å². The number of anilines is 1. The van der Waals surface area contributed by atoms with Crippen LogP contribution >= 0.6 is 0 Å². The lowest BCUT2D eigenvalue weighted by atomic mass is 10.0. The first-order valence-electron chi connectivity index (χ1n) is 10.0. The van der Waals surface area contributed by atoms with Gasteiger partial charge in [0.15, 0.2) is 0 Å². The molecular weight excluding hydrogens is 403 g/mol. The van der Waals surface area contributed by atoms with E-state index in [4.69, 9.17) is 0 Å². The molecule has 0 saturated carbocycles. The minimum absolute atomic E-state index is 0.102. The number of halogens is 1. The van der Waals surface area contributed by atoms with Crippen molar-refractivity contribution in [2.24, 2.45) is 0 Å². The highest BCUT2D eigenvalue weighted by atomic mass is 19.1. The largest absolute Gasteiger partial charge is 0.364 e. The predicted octanol–water partition coefficient (Wildman–Crippen LogP) is 2.66. The monoisotopic (exact) mass is 424 g/mol. The fourth-order valence-electron chi connectivity index (χ4n) is 3.93. The molecule has 31 heavy (non-hydrogen) atoms. The third-order valence-corrected chi connectivity index (χ3v) is 5.65. The summed E-state index contributed by atoms with van der Waals surface area (Å²) in [6, 6.07) is 10.7. The van der Waals surface area contributed by atoms with Gasteiger partial charge >= 0.3 is 0 Å². The summed E-state index contributed by atoms with van der Waals surface area (Å²) in [4.78, 5) is 42.5. The molecule has 0 aromatic heterocycles. The van der Waals surface area contributed by atoms with Gasteiger partial charge in [0, 0.05) is 38.3 Å². The van der Waals surface area contributed by atoms with E-state index in [0.717, 1.165) is 24.5 Å². The molecule has 1 fully saturated rings. The average Bonchev–Trinajstić information content (AvgIpc) is 3.04. The lowest BCUT2D eigenvalue weighted by Gasteiger charge is -2.35. The number of hydrogen-bond donors (Lipinski definition) is 0. The quantitative estimate of drug-likeness (QED) is 0.417. The lowest BCUT2D eigenvalue weighted by molar-refractivity contribution is -0.384. The molecule has 9 heteroatoms. The van der Waals surface area contributed by atoms with Crippen LogP contribution in [0.3, 0.4) is 0 Å². The zero-order valence-corrected chi connectivity index (χ0v) is 17.0. The fraction of sp³-hybridized carbons (Fsp3) is 0.273. The molecule has 0 bridgehead atoms. The summed E-state index contributed by atoms with van der Waals surface area (Å²) < 4.78 is 13.4. The topological polar surface area (TPSA) is 87.0 Å². The van der Waals surface area contributed by atoms with Crippen LogP contribution in [0.1, 0.15) is 12.5 Å². The van der Waals surface area contributed by atoms with Gasteiger partial charge in [-0.2, -0.15) is 0 Å². The van der Waals surface area contributed by atoms with Crippen molar-refractivity contribution in [2.45, 2.75) is 6.92 Å². The molecular formula is C22H21FN4O4. The van der Waals surface area contributed by atoms with E-state index in [0.29, 0.717) is 18.7 Å². The number of carbonyl (C=O) groups is 2. The number of piperazine rings is 1. The molecule has 0 N–H and O–H groups in total. The maximum atomic E-state index is 13.4. The molecule has 2 amide bonds. The Hall–Kier alpha value is -3.59. The predicted molar refractivity (Wildman–Crippen MR) is 113 cm³/mol. The number of nitro benzene ring substituents is 1. The Morgan fingerprint density at radius 1 is 0.935 bits per heavy atom. The normalized spacial score (nSPS) is 17.6. The van der Waals surface area contributed by atoms with Crippen molar-refractivity contribution in [3.8, 4) is 0 Å². The number of nitrogens with zero attached hydrogens (tertiary/aromatic N) is 4. The molecule has 1 saturated heterocycles. The van der Waals surface area contributed by atoms with Crippen LogP contribution < -0.4 is 4.90 Å². The molecule has 8 nitrogen and oxygen atoms in total. The van der Waals surface area contributed by atoms with Gasteiger partial charge in [0.2, 0.25) is 0 Å². The smallest absolute Gasteiger partial charge is 0.282 e. The first-order chi connectivity index (χ1) is 14.9. The Kier molecular flexibility index (Phi) is 5.51. The van der Waals surface area contributed by atoms with Gasteiger partial charge in [-0.25, -0.2) is 9.29 Å². The van der Waals surface area contributed by atoms with Gasteiger partial charge in [0.1, 0.15) is 11.5 Å². The first-order valence-corrected chi connectivity index (χ1v) is 10.0. The molecule has 2 aromatic carbocycles. The van der Waals surface area contributed by atoms with Crippen LogP contribution in [-0.4, -0.2) is 59.3 Å². The summed E-state index contributed by atoms with van der Waals surface area (Å²) in [5.41, 5.74) is 1.09. The second-order valence-electron chi connectivity index (χ2n) is 7.37. The molecule has 0 spiro atoms. The van der Waals surface area contributed by atoms with Gasteiger partial charge in [0.25, 0.3) is 17.5 Å². The van der Waals surface area contributed by atoms with Gasteiger partial charge in [-0.05, 0) is 48.5 Å². The third kappa shape index (κ3) is 3.79. The summed E-state index contributed by atoms with van der Waals surface area (Å²) in [5, 5.41) is 11.0. The molecule has 2 aliphatic heterocycles. The van der Waals surface area contributed by atoms with Crippen LogP contribution in [0.5, 0.6) is 0 Å². The number of amides is 2. The average molecular weight is 424 g/mol. The van der Waals surface area contributed by atoms with E-state index < -0.39 is 22.6 Å². The van der Waals surface area contributed by atoms with Crippen LogP contribution in [0, 0.1) is 15.9 Å². The van der Waals surface area contributed by atoms with Crippen molar-refractivity contribution >= 4 is 28.8 Å². The van der Waals surface area contributed by atoms with Crippen LogP contribution in [0.15, 0.2) is 54.2 Å². The van der Waals surface area contributed by atoms with Gasteiger partial charge in [-0.15, -0.1) is 0 Å². The molecule has 0 radical (unpaired) electrons. The summed E-state index contributed by atoms with van der Waals surface area (Å²) in [6.45, 7) is 5.64. The van der Waals surface area contributed by atoms with Crippen molar-refractivity contribution in [1.82, 2.24) is 9.80 Å².